The van der Waals surface area contributed by atoms with Crippen LogP contribution in [-0.4, -0.2) is 42.3 Å². The summed E-state index contributed by atoms with van der Waals surface area (Å²) in [6.07, 6.45) is 1.32. The Morgan fingerprint density at radius 1 is 1.47 bits per heavy atom. The Balaban J connectivity index is 5.10. The molecule has 19 heavy (non-hydrogen) atoms. The normalized spacial score (nSPS) is 14.0. The van der Waals surface area contributed by atoms with Crippen molar-refractivity contribution in [3.05, 3.63) is 12.7 Å². The first-order valence-corrected chi connectivity index (χ1v) is 9.40. The van der Waals surface area contributed by atoms with Crippen molar-refractivity contribution in [1.82, 2.24) is 5.06 Å². The molecule has 0 saturated heterocycles. The third-order valence-electron chi connectivity index (χ3n) is 3.55. The molecule has 0 radical (unpaired) electrons. The van der Waals surface area contributed by atoms with Crippen molar-refractivity contribution in [3.63, 3.8) is 0 Å². The fourth-order valence-corrected chi connectivity index (χ4v) is 2.32. The second-order valence-corrected chi connectivity index (χ2v) is 10.9. The SMILES string of the molecule is C=CC[C@@H](CCO)N(O[Si](C)(C)C(C)(C)C)C(=O)O. The summed E-state index contributed by atoms with van der Waals surface area (Å²) in [4.78, 5) is 11.4. The van der Waals surface area contributed by atoms with Gasteiger partial charge in [-0.25, -0.2) is 4.79 Å². The van der Waals surface area contributed by atoms with Crippen molar-refractivity contribution in [2.75, 3.05) is 6.61 Å². The molecule has 2 N–H and O–H groups in total. The maximum absolute atomic E-state index is 11.4. The average molecular weight is 289 g/mol. The van der Waals surface area contributed by atoms with E-state index in [4.69, 9.17) is 9.63 Å². The molecule has 0 fully saturated rings. The Morgan fingerprint density at radius 2 is 2.00 bits per heavy atom. The van der Waals surface area contributed by atoms with E-state index in [9.17, 15) is 9.90 Å². The number of carboxylic acid groups (broad SMARTS) is 1. The van der Waals surface area contributed by atoms with E-state index in [2.05, 4.69) is 6.58 Å². The van der Waals surface area contributed by atoms with Crippen LogP contribution in [0.5, 0.6) is 0 Å². The molecule has 0 unspecified atom stereocenters. The molecule has 6 heteroatoms. The third-order valence-corrected chi connectivity index (χ3v) is 7.82. The van der Waals surface area contributed by atoms with Gasteiger partial charge in [-0.3, -0.25) is 0 Å². The van der Waals surface area contributed by atoms with Gasteiger partial charge >= 0.3 is 6.09 Å². The predicted octanol–water partition coefficient (Wildman–Crippen LogP) is 3.23. The largest absolute Gasteiger partial charge is 0.463 e. The molecule has 1 atom stereocenters. The zero-order chi connectivity index (χ0) is 15.3. The molecule has 0 heterocycles. The first-order chi connectivity index (χ1) is 8.56. The smallest absolute Gasteiger partial charge is 0.430 e. The van der Waals surface area contributed by atoms with Crippen LogP contribution in [0, 0.1) is 0 Å². The zero-order valence-corrected chi connectivity index (χ0v) is 13.6. The van der Waals surface area contributed by atoms with Crippen LogP contribution < -0.4 is 0 Å². The lowest BCUT2D eigenvalue weighted by Crippen LogP contribution is -2.51. The van der Waals surface area contributed by atoms with E-state index in [0.29, 0.717) is 12.8 Å². The van der Waals surface area contributed by atoms with Gasteiger partial charge in [0.15, 0.2) is 0 Å². The van der Waals surface area contributed by atoms with Gasteiger partial charge in [-0.05, 0) is 31.0 Å². The Morgan fingerprint density at radius 3 is 2.32 bits per heavy atom. The topological polar surface area (TPSA) is 70.0 Å². The molecule has 1 amide bonds. The van der Waals surface area contributed by atoms with E-state index in [1.807, 2.05) is 33.9 Å². The highest BCUT2D eigenvalue weighted by Crippen LogP contribution is 2.37. The van der Waals surface area contributed by atoms with Crippen molar-refractivity contribution in [1.29, 1.82) is 0 Å². The number of hydrogen-bond donors (Lipinski definition) is 2. The zero-order valence-electron chi connectivity index (χ0n) is 12.6. The van der Waals surface area contributed by atoms with E-state index < -0.39 is 20.5 Å². The minimum atomic E-state index is -2.22. The minimum absolute atomic E-state index is 0.0802. The van der Waals surface area contributed by atoms with Gasteiger partial charge in [0.2, 0.25) is 8.32 Å². The summed E-state index contributed by atoms with van der Waals surface area (Å²) in [5.74, 6) is 0. The first kappa shape index (κ1) is 18.1. The third kappa shape index (κ3) is 5.34. The Kier molecular flexibility index (Phi) is 6.75. The lowest BCUT2D eigenvalue weighted by molar-refractivity contribution is -0.0848. The Labute approximate surface area is 117 Å². The summed E-state index contributed by atoms with van der Waals surface area (Å²) in [5, 5.41) is 19.3. The number of hydroxylamine groups is 2. The van der Waals surface area contributed by atoms with Gasteiger partial charge in [-0.2, -0.15) is 5.06 Å². The quantitative estimate of drug-likeness (QED) is 0.429. The molecule has 0 aromatic rings. The van der Waals surface area contributed by atoms with E-state index in [1.165, 1.54) is 0 Å². The first-order valence-electron chi connectivity index (χ1n) is 6.50. The van der Waals surface area contributed by atoms with Gasteiger partial charge < -0.3 is 14.7 Å². The second-order valence-electron chi connectivity index (χ2n) is 6.15. The summed E-state index contributed by atoms with van der Waals surface area (Å²) in [6.45, 7) is 13.7. The number of rotatable bonds is 7. The average Bonchev–Trinajstić information content (AvgIpc) is 2.24. The maximum Gasteiger partial charge on any atom is 0.430 e. The van der Waals surface area contributed by atoms with Crippen LogP contribution in [0.25, 0.3) is 0 Å². The highest BCUT2D eigenvalue weighted by atomic mass is 28.4. The van der Waals surface area contributed by atoms with Crippen LogP contribution >= 0.6 is 0 Å². The number of aliphatic hydroxyl groups excluding tert-OH is 1. The van der Waals surface area contributed by atoms with Crippen molar-refractivity contribution in [3.8, 4) is 0 Å². The fourth-order valence-electron chi connectivity index (χ4n) is 1.32. The molecular weight excluding hydrogens is 262 g/mol. The van der Waals surface area contributed by atoms with Crippen molar-refractivity contribution in [2.24, 2.45) is 0 Å². The van der Waals surface area contributed by atoms with Gasteiger partial charge in [-0.15, -0.1) is 6.58 Å². The Bertz CT molecular complexity index is 312. The number of hydrogen-bond acceptors (Lipinski definition) is 3. The summed E-state index contributed by atoms with van der Waals surface area (Å²) in [6, 6.07) is -0.394. The molecule has 0 aromatic heterocycles. The molecule has 5 nitrogen and oxygen atoms in total. The molecular formula is C13H27NO4Si. The molecule has 0 aliphatic rings. The molecule has 112 valence electrons. The summed E-state index contributed by atoms with van der Waals surface area (Å²) >= 11 is 0. The van der Waals surface area contributed by atoms with E-state index in [1.54, 1.807) is 6.08 Å². The van der Waals surface area contributed by atoms with Crippen LogP contribution in [-0.2, 0) is 4.53 Å². The fraction of sp³-hybridized carbons (Fsp3) is 0.769. The molecule has 0 rings (SSSR count). The van der Waals surface area contributed by atoms with Gasteiger partial charge in [0.05, 0.1) is 6.04 Å². The lowest BCUT2D eigenvalue weighted by Gasteiger charge is -2.41. The molecule has 0 spiro atoms. The molecule has 0 aliphatic carbocycles. The van der Waals surface area contributed by atoms with Crippen LogP contribution in [0.4, 0.5) is 4.79 Å². The van der Waals surface area contributed by atoms with Gasteiger partial charge in [0.1, 0.15) is 0 Å². The van der Waals surface area contributed by atoms with Crippen LogP contribution in [0.1, 0.15) is 33.6 Å². The van der Waals surface area contributed by atoms with Gasteiger partial charge in [0, 0.05) is 6.61 Å². The summed E-state index contributed by atoms with van der Waals surface area (Å²) in [7, 11) is -2.22. The van der Waals surface area contributed by atoms with Gasteiger partial charge in [-0.1, -0.05) is 26.8 Å². The summed E-state index contributed by atoms with van der Waals surface area (Å²) < 4.78 is 5.84. The standard InChI is InChI=1S/C13H27NO4Si/c1-7-8-11(9-10-15)14(12(16)17)18-19(5,6)13(2,3)4/h7,11,15H,1,8-10H2,2-6H3,(H,16,17)/t11-/m0/s1. The molecule has 0 saturated carbocycles. The minimum Gasteiger partial charge on any atom is -0.463 e. The van der Waals surface area contributed by atoms with E-state index in [0.717, 1.165) is 5.06 Å². The molecule has 0 aromatic carbocycles. The van der Waals surface area contributed by atoms with Crippen molar-refractivity contribution >= 4 is 14.4 Å². The lowest BCUT2D eigenvalue weighted by atomic mass is 10.1. The van der Waals surface area contributed by atoms with E-state index in [-0.39, 0.29) is 11.6 Å². The molecule has 0 bridgehead atoms. The second kappa shape index (κ2) is 7.07. The highest BCUT2D eigenvalue weighted by molar-refractivity contribution is 6.74. The number of aliphatic hydroxyl groups is 1. The highest BCUT2D eigenvalue weighted by Gasteiger charge is 2.42. The van der Waals surface area contributed by atoms with Crippen LogP contribution in [0.2, 0.25) is 18.1 Å². The van der Waals surface area contributed by atoms with Crippen LogP contribution in [0.3, 0.4) is 0 Å². The van der Waals surface area contributed by atoms with Gasteiger partial charge in [0.25, 0.3) is 0 Å². The summed E-state index contributed by atoms with van der Waals surface area (Å²) in [5.41, 5.74) is 0. The number of carbonyl (C=O) groups is 1. The number of amides is 1. The maximum atomic E-state index is 11.4. The molecule has 0 aliphatic heterocycles. The van der Waals surface area contributed by atoms with Crippen molar-refractivity contribution < 1.29 is 19.5 Å². The predicted molar refractivity (Wildman–Crippen MR) is 78.5 cm³/mol. The Hall–Kier alpha value is -0.853. The van der Waals surface area contributed by atoms with E-state index >= 15 is 0 Å². The monoisotopic (exact) mass is 289 g/mol. The van der Waals surface area contributed by atoms with Crippen LogP contribution in [0.15, 0.2) is 12.7 Å². The number of nitrogens with zero attached hydrogens (tertiary/aromatic N) is 1. The van der Waals surface area contributed by atoms with Crippen molar-refractivity contribution in [2.45, 2.75) is 57.8 Å².